The second kappa shape index (κ2) is 3.93. The zero-order valence-corrected chi connectivity index (χ0v) is 9.59. The predicted molar refractivity (Wildman–Crippen MR) is 60.2 cm³/mol. The number of amides is 1. The second-order valence-electron chi connectivity index (χ2n) is 4.60. The molecule has 0 aliphatic carbocycles. The lowest BCUT2D eigenvalue weighted by molar-refractivity contribution is 0.0962. The maximum atomic E-state index is 11.4. The normalized spacial score (nSPS) is 11.2. The molecule has 0 radical (unpaired) electrons. The number of phenols is 1. The average molecular weight is 207 g/mol. The van der Waals surface area contributed by atoms with E-state index in [0.717, 1.165) is 5.56 Å². The van der Waals surface area contributed by atoms with Crippen LogP contribution in [0.25, 0.3) is 0 Å². The van der Waals surface area contributed by atoms with Gasteiger partial charge in [-0.1, -0.05) is 20.8 Å². The van der Waals surface area contributed by atoms with Crippen LogP contribution in [0.15, 0.2) is 18.2 Å². The number of aromatic hydroxyl groups is 1. The molecule has 0 aromatic heterocycles. The minimum absolute atomic E-state index is 0.0818. The molecule has 1 aromatic rings. The summed E-state index contributed by atoms with van der Waals surface area (Å²) < 4.78 is 0. The summed E-state index contributed by atoms with van der Waals surface area (Å²) in [5.41, 5.74) is 1.35. The highest BCUT2D eigenvalue weighted by atomic mass is 16.3. The van der Waals surface area contributed by atoms with E-state index in [0.29, 0.717) is 5.56 Å². The van der Waals surface area contributed by atoms with E-state index in [1.54, 1.807) is 19.2 Å². The second-order valence-corrected chi connectivity index (χ2v) is 4.60. The monoisotopic (exact) mass is 207 g/mol. The molecule has 82 valence electrons. The minimum Gasteiger partial charge on any atom is -0.508 e. The van der Waals surface area contributed by atoms with Gasteiger partial charge in [-0.15, -0.1) is 0 Å². The van der Waals surface area contributed by atoms with Gasteiger partial charge >= 0.3 is 0 Å². The number of phenolic OH excluding ortho intramolecular Hbond substituents is 1. The fourth-order valence-electron chi connectivity index (χ4n) is 1.32. The topological polar surface area (TPSA) is 49.3 Å². The Morgan fingerprint density at radius 3 is 2.33 bits per heavy atom. The Bertz CT molecular complexity index is 378. The van der Waals surface area contributed by atoms with Crippen molar-refractivity contribution in [3.05, 3.63) is 29.3 Å². The van der Waals surface area contributed by atoms with Crippen molar-refractivity contribution < 1.29 is 9.90 Å². The zero-order valence-electron chi connectivity index (χ0n) is 9.59. The highest BCUT2D eigenvalue weighted by molar-refractivity contribution is 5.94. The summed E-state index contributed by atoms with van der Waals surface area (Å²) in [6, 6.07) is 4.96. The lowest BCUT2D eigenvalue weighted by Gasteiger charge is -2.20. The molecule has 3 heteroatoms. The Hall–Kier alpha value is -1.51. The molecule has 2 N–H and O–H groups in total. The average Bonchev–Trinajstić information content (AvgIpc) is 2.14. The first kappa shape index (κ1) is 11.6. The van der Waals surface area contributed by atoms with Gasteiger partial charge in [0.25, 0.3) is 5.91 Å². The molecule has 0 heterocycles. The Kier molecular flexibility index (Phi) is 3.03. The highest BCUT2D eigenvalue weighted by Gasteiger charge is 2.16. The smallest absolute Gasteiger partial charge is 0.251 e. The van der Waals surface area contributed by atoms with Gasteiger partial charge in [-0.2, -0.15) is 0 Å². The Morgan fingerprint density at radius 1 is 1.27 bits per heavy atom. The van der Waals surface area contributed by atoms with Crippen LogP contribution in [0.4, 0.5) is 0 Å². The van der Waals surface area contributed by atoms with Gasteiger partial charge in [0.15, 0.2) is 0 Å². The van der Waals surface area contributed by atoms with Crippen LogP contribution >= 0.6 is 0 Å². The summed E-state index contributed by atoms with van der Waals surface area (Å²) in [6.45, 7) is 6.11. The number of rotatable bonds is 1. The van der Waals surface area contributed by atoms with Crippen molar-refractivity contribution in [3.8, 4) is 5.75 Å². The van der Waals surface area contributed by atoms with Crippen LogP contribution in [-0.2, 0) is 5.41 Å². The summed E-state index contributed by atoms with van der Waals surface area (Å²) in [4.78, 5) is 11.4. The van der Waals surface area contributed by atoms with E-state index < -0.39 is 0 Å². The summed E-state index contributed by atoms with van der Waals surface area (Å²) in [7, 11) is 1.57. The molecule has 1 amide bonds. The molecule has 0 atom stereocenters. The summed E-state index contributed by atoms with van der Waals surface area (Å²) in [5.74, 6) is -0.0579. The molecule has 0 spiro atoms. The summed E-state index contributed by atoms with van der Waals surface area (Å²) in [5, 5.41) is 12.1. The third-order valence-electron chi connectivity index (χ3n) is 2.27. The number of benzene rings is 1. The van der Waals surface area contributed by atoms with Gasteiger partial charge in [0, 0.05) is 12.6 Å². The van der Waals surface area contributed by atoms with Crippen molar-refractivity contribution in [2.75, 3.05) is 7.05 Å². The Morgan fingerprint density at radius 2 is 1.87 bits per heavy atom. The van der Waals surface area contributed by atoms with Crippen molar-refractivity contribution in [2.45, 2.75) is 26.2 Å². The van der Waals surface area contributed by atoms with Crippen molar-refractivity contribution in [2.24, 2.45) is 0 Å². The largest absolute Gasteiger partial charge is 0.508 e. The predicted octanol–water partition coefficient (Wildman–Crippen LogP) is 2.05. The van der Waals surface area contributed by atoms with Crippen molar-refractivity contribution in [3.63, 3.8) is 0 Å². The first-order valence-electron chi connectivity index (χ1n) is 4.91. The molecule has 0 aliphatic rings. The molecule has 0 aliphatic heterocycles. The molecular formula is C12H17NO2. The van der Waals surface area contributed by atoms with E-state index in [-0.39, 0.29) is 17.1 Å². The van der Waals surface area contributed by atoms with Crippen molar-refractivity contribution in [1.82, 2.24) is 5.32 Å². The molecule has 0 saturated heterocycles. The van der Waals surface area contributed by atoms with Gasteiger partial charge in [0.2, 0.25) is 0 Å². The van der Waals surface area contributed by atoms with Gasteiger partial charge in [-0.25, -0.2) is 0 Å². The van der Waals surface area contributed by atoms with Crippen LogP contribution < -0.4 is 5.32 Å². The lowest BCUT2D eigenvalue weighted by atomic mass is 9.86. The van der Waals surface area contributed by atoms with Gasteiger partial charge in [-0.3, -0.25) is 4.79 Å². The van der Waals surface area contributed by atoms with Crippen LogP contribution in [0, 0.1) is 0 Å². The van der Waals surface area contributed by atoms with Gasteiger partial charge in [0.1, 0.15) is 5.75 Å². The molecule has 1 aromatic carbocycles. The van der Waals surface area contributed by atoms with Crippen molar-refractivity contribution in [1.29, 1.82) is 0 Å². The third-order valence-corrected chi connectivity index (χ3v) is 2.27. The quantitative estimate of drug-likeness (QED) is 0.740. The van der Waals surface area contributed by atoms with Gasteiger partial charge < -0.3 is 10.4 Å². The van der Waals surface area contributed by atoms with Crippen molar-refractivity contribution >= 4 is 5.91 Å². The molecule has 0 unspecified atom stereocenters. The van der Waals surface area contributed by atoms with Crippen LogP contribution in [0.2, 0.25) is 0 Å². The van der Waals surface area contributed by atoms with E-state index in [1.165, 1.54) is 6.07 Å². The number of hydrogen-bond donors (Lipinski definition) is 2. The SMILES string of the molecule is CNC(=O)c1cc(O)cc(C(C)(C)C)c1. The Balaban J connectivity index is 3.23. The molecule has 0 fully saturated rings. The van der Waals surface area contributed by atoms with Crippen LogP contribution in [0.5, 0.6) is 5.75 Å². The Labute approximate surface area is 90.1 Å². The van der Waals surface area contributed by atoms with E-state index >= 15 is 0 Å². The molecule has 1 rings (SSSR count). The fraction of sp³-hybridized carbons (Fsp3) is 0.417. The number of nitrogens with one attached hydrogen (secondary N) is 1. The van der Waals surface area contributed by atoms with Gasteiger partial charge in [-0.05, 0) is 29.2 Å². The van der Waals surface area contributed by atoms with E-state index in [2.05, 4.69) is 5.32 Å². The molecule has 3 nitrogen and oxygen atoms in total. The fourth-order valence-corrected chi connectivity index (χ4v) is 1.32. The van der Waals surface area contributed by atoms with E-state index in [9.17, 15) is 9.90 Å². The van der Waals surface area contributed by atoms with E-state index in [4.69, 9.17) is 0 Å². The highest BCUT2D eigenvalue weighted by Crippen LogP contribution is 2.26. The zero-order chi connectivity index (χ0) is 11.6. The molecular weight excluding hydrogens is 190 g/mol. The summed E-state index contributed by atoms with van der Waals surface area (Å²) in [6.07, 6.45) is 0. The molecule has 15 heavy (non-hydrogen) atoms. The molecule has 0 bridgehead atoms. The first-order valence-corrected chi connectivity index (χ1v) is 4.91. The van der Waals surface area contributed by atoms with Crippen LogP contribution in [0.3, 0.4) is 0 Å². The first-order chi connectivity index (χ1) is 6.84. The lowest BCUT2D eigenvalue weighted by Crippen LogP contribution is -2.19. The number of hydrogen-bond acceptors (Lipinski definition) is 2. The van der Waals surface area contributed by atoms with Crippen LogP contribution in [0.1, 0.15) is 36.7 Å². The maximum absolute atomic E-state index is 11.4. The van der Waals surface area contributed by atoms with Crippen LogP contribution in [-0.4, -0.2) is 18.1 Å². The van der Waals surface area contributed by atoms with E-state index in [1.807, 2.05) is 20.8 Å². The number of carbonyl (C=O) groups is 1. The standard InChI is InChI=1S/C12H17NO2/c1-12(2,3)9-5-8(11(15)13-4)6-10(14)7-9/h5-7,14H,1-4H3,(H,13,15). The number of carbonyl (C=O) groups excluding carboxylic acids is 1. The molecule has 0 saturated carbocycles. The maximum Gasteiger partial charge on any atom is 0.251 e. The third kappa shape index (κ3) is 2.72. The van der Waals surface area contributed by atoms with Gasteiger partial charge in [0.05, 0.1) is 0 Å². The summed E-state index contributed by atoms with van der Waals surface area (Å²) >= 11 is 0. The minimum atomic E-state index is -0.184.